The third-order valence-corrected chi connectivity index (χ3v) is 2.83. The zero-order chi connectivity index (χ0) is 13.1. The van der Waals surface area contributed by atoms with E-state index in [0.29, 0.717) is 0 Å². The van der Waals surface area contributed by atoms with Gasteiger partial charge in [0.25, 0.3) is 5.91 Å². The average molecular weight is 285 g/mol. The summed E-state index contributed by atoms with van der Waals surface area (Å²) >= 11 is 11.4. The van der Waals surface area contributed by atoms with Gasteiger partial charge in [-0.15, -0.1) is 0 Å². The van der Waals surface area contributed by atoms with Crippen molar-refractivity contribution in [3.8, 4) is 0 Å². The third-order valence-electron chi connectivity index (χ3n) is 2.21. The van der Waals surface area contributed by atoms with Crippen LogP contribution in [0, 0.1) is 5.82 Å². The molecule has 6 heteroatoms. The van der Waals surface area contributed by atoms with Gasteiger partial charge in [-0.05, 0) is 18.2 Å². The van der Waals surface area contributed by atoms with Gasteiger partial charge in [-0.25, -0.2) is 4.39 Å². The van der Waals surface area contributed by atoms with Crippen molar-refractivity contribution in [1.82, 2.24) is 4.98 Å². The highest BCUT2D eigenvalue weighted by Crippen LogP contribution is 2.23. The molecule has 1 heterocycles. The molecule has 18 heavy (non-hydrogen) atoms. The number of aromatic nitrogens is 1. The Labute approximate surface area is 113 Å². The maximum absolute atomic E-state index is 13.6. The van der Waals surface area contributed by atoms with Crippen molar-refractivity contribution in [3.05, 3.63) is 58.1 Å². The van der Waals surface area contributed by atoms with Gasteiger partial charge in [0.2, 0.25) is 0 Å². The molecular formula is C12H7Cl2FN2O. The van der Waals surface area contributed by atoms with E-state index < -0.39 is 11.7 Å². The van der Waals surface area contributed by atoms with Crippen LogP contribution in [-0.4, -0.2) is 10.9 Å². The molecule has 0 saturated carbocycles. The van der Waals surface area contributed by atoms with Crippen LogP contribution in [0.15, 0.2) is 36.7 Å². The molecule has 0 bridgehead atoms. The van der Waals surface area contributed by atoms with Crippen LogP contribution < -0.4 is 5.32 Å². The number of hydrogen-bond donors (Lipinski definition) is 1. The summed E-state index contributed by atoms with van der Waals surface area (Å²) in [6.45, 7) is 0. The predicted octanol–water partition coefficient (Wildman–Crippen LogP) is 3.78. The van der Waals surface area contributed by atoms with Crippen molar-refractivity contribution in [2.45, 2.75) is 0 Å². The molecule has 2 rings (SSSR count). The van der Waals surface area contributed by atoms with E-state index in [1.165, 1.54) is 36.7 Å². The molecule has 2 aromatic rings. The normalized spacial score (nSPS) is 10.2. The fourth-order valence-electron chi connectivity index (χ4n) is 1.33. The Morgan fingerprint density at radius 2 is 2.00 bits per heavy atom. The number of nitrogens with one attached hydrogen (secondary N) is 1. The van der Waals surface area contributed by atoms with E-state index in [-0.39, 0.29) is 21.3 Å². The molecule has 0 aliphatic heterocycles. The zero-order valence-electron chi connectivity index (χ0n) is 8.95. The first-order valence-corrected chi connectivity index (χ1v) is 5.70. The zero-order valence-corrected chi connectivity index (χ0v) is 10.5. The quantitative estimate of drug-likeness (QED) is 0.912. The average Bonchev–Trinajstić information content (AvgIpc) is 2.35. The fraction of sp³-hybridized carbons (Fsp3) is 0. The standard InChI is InChI=1S/C12H7Cl2FN2O/c13-8-4-5-16-6-7(8)12(18)17-10-3-1-2-9(14)11(10)15/h1-6H,(H,17,18). The van der Waals surface area contributed by atoms with Gasteiger partial charge in [-0.2, -0.15) is 0 Å². The van der Waals surface area contributed by atoms with Crippen LogP contribution in [0.5, 0.6) is 0 Å². The fourth-order valence-corrected chi connectivity index (χ4v) is 1.70. The maximum Gasteiger partial charge on any atom is 0.258 e. The molecule has 1 aromatic heterocycles. The van der Waals surface area contributed by atoms with Crippen LogP contribution in [-0.2, 0) is 0 Å². The van der Waals surface area contributed by atoms with Gasteiger partial charge in [0.05, 0.1) is 21.3 Å². The lowest BCUT2D eigenvalue weighted by molar-refractivity contribution is 0.102. The Balaban J connectivity index is 2.27. The van der Waals surface area contributed by atoms with Crippen molar-refractivity contribution in [1.29, 1.82) is 0 Å². The van der Waals surface area contributed by atoms with E-state index >= 15 is 0 Å². The number of halogens is 3. The van der Waals surface area contributed by atoms with Crippen molar-refractivity contribution in [2.24, 2.45) is 0 Å². The van der Waals surface area contributed by atoms with Gasteiger partial charge in [0, 0.05) is 12.4 Å². The van der Waals surface area contributed by atoms with Crippen molar-refractivity contribution in [2.75, 3.05) is 5.32 Å². The molecule has 3 nitrogen and oxygen atoms in total. The summed E-state index contributed by atoms with van der Waals surface area (Å²) in [7, 11) is 0. The second-order valence-corrected chi connectivity index (χ2v) is 4.23. The minimum Gasteiger partial charge on any atom is -0.319 e. The molecule has 1 aromatic carbocycles. The van der Waals surface area contributed by atoms with Crippen LogP contribution in [0.25, 0.3) is 0 Å². The van der Waals surface area contributed by atoms with E-state index in [0.717, 1.165) is 0 Å². The largest absolute Gasteiger partial charge is 0.319 e. The Morgan fingerprint density at radius 3 is 2.72 bits per heavy atom. The number of benzene rings is 1. The van der Waals surface area contributed by atoms with Crippen molar-refractivity contribution in [3.63, 3.8) is 0 Å². The highest BCUT2D eigenvalue weighted by molar-refractivity contribution is 6.34. The summed E-state index contributed by atoms with van der Waals surface area (Å²) in [4.78, 5) is 15.6. The molecule has 0 fully saturated rings. The summed E-state index contributed by atoms with van der Waals surface area (Å²) in [6, 6.07) is 5.81. The van der Waals surface area contributed by atoms with Gasteiger partial charge < -0.3 is 5.32 Å². The summed E-state index contributed by atoms with van der Waals surface area (Å²) in [5.74, 6) is -1.23. The summed E-state index contributed by atoms with van der Waals surface area (Å²) in [6.07, 6.45) is 2.76. The highest BCUT2D eigenvalue weighted by atomic mass is 35.5. The lowest BCUT2D eigenvalue weighted by atomic mass is 10.2. The number of hydrogen-bond acceptors (Lipinski definition) is 2. The van der Waals surface area contributed by atoms with E-state index in [9.17, 15) is 9.18 Å². The number of amides is 1. The van der Waals surface area contributed by atoms with Crippen LogP contribution in [0.1, 0.15) is 10.4 Å². The van der Waals surface area contributed by atoms with E-state index in [4.69, 9.17) is 23.2 Å². The lowest BCUT2D eigenvalue weighted by Crippen LogP contribution is -2.13. The van der Waals surface area contributed by atoms with Gasteiger partial charge >= 0.3 is 0 Å². The molecule has 0 atom stereocenters. The first-order chi connectivity index (χ1) is 8.59. The molecule has 1 amide bonds. The molecule has 92 valence electrons. The smallest absolute Gasteiger partial charge is 0.258 e. The monoisotopic (exact) mass is 284 g/mol. The van der Waals surface area contributed by atoms with Gasteiger partial charge in [0.1, 0.15) is 0 Å². The van der Waals surface area contributed by atoms with Crippen LogP contribution in [0.4, 0.5) is 10.1 Å². The number of anilines is 1. The van der Waals surface area contributed by atoms with E-state index in [2.05, 4.69) is 10.3 Å². The first-order valence-electron chi connectivity index (χ1n) is 4.94. The molecule has 0 saturated heterocycles. The van der Waals surface area contributed by atoms with E-state index in [1.807, 2.05) is 0 Å². The van der Waals surface area contributed by atoms with Crippen LogP contribution >= 0.6 is 23.2 Å². The van der Waals surface area contributed by atoms with Gasteiger partial charge in [-0.1, -0.05) is 29.3 Å². The number of pyridine rings is 1. The highest BCUT2D eigenvalue weighted by Gasteiger charge is 2.13. The number of nitrogens with zero attached hydrogens (tertiary/aromatic N) is 1. The molecule has 0 aliphatic rings. The molecular weight excluding hydrogens is 278 g/mol. The predicted molar refractivity (Wildman–Crippen MR) is 68.6 cm³/mol. The third kappa shape index (κ3) is 2.60. The first kappa shape index (κ1) is 12.8. The molecule has 0 unspecified atom stereocenters. The topological polar surface area (TPSA) is 42.0 Å². The minimum atomic E-state index is -0.687. The SMILES string of the molecule is O=C(Nc1cccc(Cl)c1F)c1cnccc1Cl. The molecule has 1 N–H and O–H groups in total. The van der Waals surface area contributed by atoms with Crippen molar-refractivity contribution >= 4 is 34.8 Å². The van der Waals surface area contributed by atoms with Gasteiger partial charge in [-0.3, -0.25) is 9.78 Å². The molecule has 0 radical (unpaired) electrons. The Hall–Kier alpha value is -1.65. The van der Waals surface area contributed by atoms with E-state index in [1.54, 1.807) is 0 Å². The van der Waals surface area contributed by atoms with Crippen LogP contribution in [0.3, 0.4) is 0 Å². The second kappa shape index (κ2) is 5.33. The molecule has 0 aliphatic carbocycles. The Kier molecular flexibility index (Phi) is 3.79. The Morgan fingerprint density at radius 1 is 1.22 bits per heavy atom. The Bertz CT molecular complexity index is 604. The number of rotatable bonds is 2. The summed E-state index contributed by atoms with van der Waals surface area (Å²) in [5.41, 5.74) is 0.158. The van der Waals surface area contributed by atoms with Crippen LogP contribution in [0.2, 0.25) is 10.0 Å². The number of carbonyl (C=O) groups excluding carboxylic acids is 1. The lowest BCUT2D eigenvalue weighted by Gasteiger charge is -2.07. The minimum absolute atomic E-state index is 0.00702. The number of carbonyl (C=O) groups is 1. The maximum atomic E-state index is 13.6. The van der Waals surface area contributed by atoms with Crippen molar-refractivity contribution < 1.29 is 9.18 Å². The molecule has 0 spiro atoms. The summed E-state index contributed by atoms with van der Waals surface area (Å²) < 4.78 is 13.6. The van der Waals surface area contributed by atoms with Gasteiger partial charge in [0.15, 0.2) is 5.82 Å². The second-order valence-electron chi connectivity index (χ2n) is 3.41. The summed E-state index contributed by atoms with van der Waals surface area (Å²) in [5, 5.41) is 2.56.